The molecule has 4 aromatic rings. The quantitative estimate of drug-likeness (QED) is 0.317. The van der Waals surface area contributed by atoms with E-state index < -0.39 is 5.82 Å². The Morgan fingerprint density at radius 3 is 2.45 bits per heavy atom. The van der Waals surface area contributed by atoms with Crippen molar-refractivity contribution in [1.29, 1.82) is 0 Å². The van der Waals surface area contributed by atoms with Crippen LogP contribution in [0, 0.1) is 12.7 Å². The summed E-state index contributed by atoms with van der Waals surface area (Å²) in [7, 11) is 0. The molecule has 31 heavy (non-hydrogen) atoms. The van der Waals surface area contributed by atoms with Gasteiger partial charge in [0, 0.05) is 15.6 Å². The number of amidine groups is 1. The van der Waals surface area contributed by atoms with Gasteiger partial charge in [0.25, 0.3) is 5.91 Å². The molecule has 1 aromatic heterocycles. The first-order valence-electron chi connectivity index (χ1n) is 9.66. The molecule has 0 aliphatic carbocycles. The summed E-state index contributed by atoms with van der Waals surface area (Å²) < 4.78 is 15.2. The number of carbonyl (C=O) groups excluding carboxylic acids is 1. The summed E-state index contributed by atoms with van der Waals surface area (Å²) >= 11 is 8.19. The first-order chi connectivity index (χ1) is 15.0. The number of benzene rings is 3. The van der Waals surface area contributed by atoms with Crippen LogP contribution < -0.4 is 4.90 Å². The van der Waals surface area contributed by atoms with Crippen LogP contribution >= 0.6 is 22.9 Å². The highest BCUT2D eigenvalue weighted by atomic mass is 35.5. The van der Waals surface area contributed by atoms with Crippen molar-refractivity contribution in [2.75, 3.05) is 4.90 Å². The van der Waals surface area contributed by atoms with Crippen LogP contribution in [0.2, 0.25) is 5.02 Å². The van der Waals surface area contributed by atoms with Gasteiger partial charge in [-0.1, -0.05) is 65.7 Å². The second-order valence-corrected chi connectivity index (χ2v) is 8.63. The first-order valence-corrected chi connectivity index (χ1v) is 10.9. The topological polar surface area (TPSA) is 32.7 Å². The molecule has 1 amide bonds. The Kier molecular flexibility index (Phi) is 4.93. The van der Waals surface area contributed by atoms with Gasteiger partial charge in [0.2, 0.25) is 0 Å². The molecule has 152 valence electrons. The van der Waals surface area contributed by atoms with Crippen LogP contribution in [0.3, 0.4) is 0 Å². The summed E-state index contributed by atoms with van der Waals surface area (Å²) in [6.07, 6.45) is 1.48. The van der Waals surface area contributed by atoms with Gasteiger partial charge in [-0.3, -0.25) is 9.69 Å². The number of amides is 1. The maximum Gasteiger partial charge on any atom is 0.282 e. The zero-order valence-corrected chi connectivity index (χ0v) is 18.0. The summed E-state index contributed by atoms with van der Waals surface area (Å²) in [5, 5.41) is 1.46. The number of aliphatic imine (C=N–C) groups is 1. The zero-order valence-electron chi connectivity index (χ0n) is 16.5. The van der Waals surface area contributed by atoms with E-state index >= 15 is 0 Å². The minimum Gasteiger partial charge on any atom is -0.266 e. The molecular formula is C25H16ClFN2OS. The maximum atomic E-state index is 14.2. The van der Waals surface area contributed by atoms with E-state index in [9.17, 15) is 9.18 Å². The van der Waals surface area contributed by atoms with Crippen molar-refractivity contribution in [2.45, 2.75) is 6.92 Å². The molecule has 0 fully saturated rings. The number of hydrogen-bond acceptors (Lipinski definition) is 3. The monoisotopic (exact) mass is 446 g/mol. The highest BCUT2D eigenvalue weighted by Gasteiger charge is 2.35. The largest absolute Gasteiger partial charge is 0.282 e. The lowest BCUT2D eigenvalue weighted by atomic mass is 10.1. The first kappa shape index (κ1) is 19.7. The third kappa shape index (κ3) is 3.46. The predicted octanol–water partition coefficient (Wildman–Crippen LogP) is 6.84. The van der Waals surface area contributed by atoms with Gasteiger partial charge in [0.1, 0.15) is 11.5 Å². The fraction of sp³-hybridized carbons (Fsp3) is 0.0400. The summed E-state index contributed by atoms with van der Waals surface area (Å²) in [6.45, 7) is 1.98. The molecule has 0 saturated heterocycles. The van der Waals surface area contributed by atoms with Crippen LogP contribution in [-0.2, 0) is 4.79 Å². The van der Waals surface area contributed by atoms with Gasteiger partial charge >= 0.3 is 0 Å². The molecule has 0 unspecified atom stereocenters. The van der Waals surface area contributed by atoms with Crippen LogP contribution in [0.5, 0.6) is 0 Å². The van der Waals surface area contributed by atoms with Gasteiger partial charge < -0.3 is 0 Å². The molecule has 1 aliphatic rings. The van der Waals surface area contributed by atoms with E-state index in [4.69, 9.17) is 11.6 Å². The van der Waals surface area contributed by atoms with Crippen LogP contribution in [0.25, 0.3) is 16.2 Å². The molecule has 6 heteroatoms. The average molecular weight is 447 g/mol. The second-order valence-electron chi connectivity index (χ2n) is 7.20. The van der Waals surface area contributed by atoms with Crippen molar-refractivity contribution in [2.24, 2.45) is 4.99 Å². The Morgan fingerprint density at radius 2 is 1.71 bits per heavy atom. The van der Waals surface area contributed by atoms with Crippen LogP contribution in [-0.4, -0.2) is 11.7 Å². The Morgan fingerprint density at radius 1 is 1.00 bits per heavy atom. The zero-order chi connectivity index (χ0) is 21.5. The molecule has 3 aromatic carbocycles. The van der Waals surface area contributed by atoms with Crippen molar-refractivity contribution >= 4 is 56.5 Å². The summed E-state index contributed by atoms with van der Waals surface area (Å²) in [4.78, 5) is 20.3. The van der Waals surface area contributed by atoms with Gasteiger partial charge in [-0.2, -0.15) is 0 Å². The van der Waals surface area contributed by atoms with Gasteiger partial charge in [-0.25, -0.2) is 9.38 Å². The predicted molar refractivity (Wildman–Crippen MR) is 126 cm³/mol. The normalized spacial score (nSPS) is 15.2. The Hall–Kier alpha value is -3.28. The number of anilines is 1. The van der Waals surface area contributed by atoms with Crippen LogP contribution in [0.1, 0.15) is 16.0 Å². The third-order valence-electron chi connectivity index (χ3n) is 5.09. The van der Waals surface area contributed by atoms with Crippen molar-refractivity contribution < 1.29 is 9.18 Å². The molecule has 0 radical (unpaired) electrons. The Bertz CT molecular complexity index is 1390. The van der Waals surface area contributed by atoms with Crippen molar-refractivity contribution in [3.63, 3.8) is 0 Å². The van der Waals surface area contributed by atoms with Crippen molar-refractivity contribution in [1.82, 2.24) is 0 Å². The summed E-state index contributed by atoms with van der Waals surface area (Å²) in [6, 6.07) is 21.7. The lowest BCUT2D eigenvalue weighted by molar-refractivity contribution is -0.113. The highest BCUT2D eigenvalue weighted by molar-refractivity contribution is 7.21. The molecule has 2 heterocycles. The molecule has 0 N–H and O–H groups in total. The van der Waals surface area contributed by atoms with Gasteiger partial charge in [0.15, 0.2) is 5.84 Å². The lowest BCUT2D eigenvalue weighted by Crippen LogP contribution is -2.32. The number of hydrogen-bond donors (Lipinski definition) is 0. The number of nitrogens with zero attached hydrogens (tertiary/aromatic N) is 2. The molecule has 1 aliphatic heterocycles. The number of carbonyl (C=O) groups is 1. The molecule has 3 nitrogen and oxygen atoms in total. The van der Waals surface area contributed by atoms with Crippen LogP contribution in [0.4, 0.5) is 10.1 Å². The van der Waals surface area contributed by atoms with Crippen molar-refractivity contribution in [3.05, 3.63) is 105 Å². The van der Waals surface area contributed by atoms with E-state index in [1.54, 1.807) is 23.1 Å². The summed E-state index contributed by atoms with van der Waals surface area (Å²) in [5.74, 6) is -0.286. The average Bonchev–Trinajstić information content (AvgIpc) is 3.28. The molecule has 0 atom stereocenters. The molecular weight excluding hydrogens is 431 g/mol. The molecule has 0 spiro atoms. The van der Waals surface area contributed by atoms with Gasteiger partial charge in [-0.05, 0) is 37.3 Å². The van der Waals surface area contributed by atoms with Gasteiger partial charge in [0.05, 0.1) is 15.6 Å². The number of aryl methyl sites for hydroxylation is 1. The molecule has 0 saturated carbocycles. The molecule has 0 bridgehead atoms. The maximum absolute atomic E-state index is 14.2. The van der Waals surface area contributed by atoms with E-state index in [1.807, 2.05) is 55.5 Å². The smallest absolute Gasteiger partial charge is 0.266 e. The van der Waals surface area contributed by atoms with Crippen LogP contribution in [0.15, 0.2) is 83.5 Å². The Labute approximate surface area is 187 Å². The fourth-order valence-corrected chi connectivity index (χ4v) is 5.00. The minimum atomic E-state index is -0.409. The van der Waals surface area contributed by atoms with E-state index in [0.717, 1.165) is 15.6 Å². The highest BCUT2D eigenvalue weighted by Crippen LogP contribution is 2.39. The number of thiophene rings is 1. The van der Waals surface area contributed by atoms with Gasteiger partial charge in [-0.15, -0.1) is 11.3 Å². The van der Waals surface area contributed by atoms with Crippen molar-refractivity contribution in [3.8, 4) is 0 Å². The minimum absolute atomic E-state index is 0.161. The fourth-order valence-electron chi connectivity index (χ4n) is 3.50. The third-order valence-corrected chi connectivity index (χ3v) is 6.76. The lowest BCUT2D eigenvalue weighted by Gasteiger charge is -2.18. The molecule has 5 rings (SSSR count). The van der Waals surface area contributed by atoms with E-state index in [-0.39, 0.29) is 11.6 Å². The number of halogens is 2. The van der Waals surface area contributed by atoms with E-state index in [2.05, 4.69) is 4.99 Å². The van der Waals surface area contributed by atoms with E-state index in [1.165, 1.54) is 23.5 Å². The Balaban J connectivity index is 1.70. The number of rotatable bonds is 3. The standard InChI is InChI=1S/C25H16ClFN2OS/c1-15-10-12-17(13-11-15)29-24(23-22(26)18-7-3-5-9-21(18)31-23)28-20(25(29)30)14-16-6-2-4-8-19(16)27/h2-14H,1H3/b20-14+. The summed E-state index contributed by atoms with van der Waals surface area (Å²) in [5.41, 5.74) is 2.23. The van der Waals surface area contributed by atoms with E-state index in [0.29, 0.717) is 27.0 Å². The SMILES string of the molecule is Cc1ccc(N2C(=O)/C(=C\c3ccccc3F)N=C2c2sc3ccccc3c2Cl)cc1. The number of fused-ring (bicyclic) bond motifs is 1. The second kappa shape index (κ2) is 7.76.